The van der Waals surface area contributed by atoms with Crippen molar-refractivity contribution in [1.82, 2.24) is 5.32 Å². The van der Waals surface area contributed by atoms with Gasteiger partial charge in [0.1, 0.15) is 0 Å². The van der Waals surface area contributed by atoms with Crippen molar-refractivity contribution >= 4 is 17.7 Å². The molecule has 1 N–H and O–H groups in total. The van der Waals surface area contributed by atoms with Crippen LogP contribution in [-0.2, 0) is 16.1 Å². The number of hydrogen-bond donors (Lipinski definition) is 1. The van der Waals surface area contributed by atoms with Gasteiger partial charge in [-0.3, -0.25) is 4.79 Å². The molecule has 1 aromatic rings. The van der Waals surface area contributed by atoms with Gasteiger partial charge in [0.25, 0.3) is 0 Å². The molecule has 1 rings (SSSR count). The lowest BCUT2D eigenvalue weighted by Gasteiger charge is -2.20. The molecule has 0 atom stereocenters. The van der Waals surface area contributed by atoms with Crippen molar-refractivity contribution in [2.24, 2.45) is 5.41 Å². The lowest BCUT2D eigenvalue weighted by Crippen LogP contribution is -2.28. The Balaban J connectivity index is 2.63. The minimum atomic E-state index is -0.460. The van der Waals surface area contributed by atoms with Crippen molar-refractivity contribution in [3.63, 3.8) is 0 Å². The van der Waals surface area contributed by atoms with Gasteiger partial charge in [-0.1, -0.05) is 12.1 Å². The van der Waals surface area contributed by atoms with Crippen LogP contribution in [0.4, 0.5) is 0 Å². The van der Waals surface area contributed by atoms with E-state index in [2.05, 4.69) is 23.5 Å². The molecule has 0 heterocycles. The Kier molecular flexibility index (Phi) is 5.69. The van der Waals surface area contributed by atoms with Crippen LogP contribution in [0.25, 0.3) is 0 Å². The largest absolute Gasteiger partial charge is 0.469 e. The minimum Gasteiger partial charge on any atom is -0.469 e. The molecule has 0 aliphatic heterocycles. The van der Waals surface area contributed by atoms with Crippen LogP contribution in [-0.4, -0.2) is 25.9 Å². The first kappa shape index (κ1) is 15.1. The van der Waals surface area contributed by atoms with E-state index in [1.54, 1.807) is 11.8 Å². The molecule has 4 heteroatoms. The molecule has 1 aromatic carbocycles. The maximum Gasteiger partial charge on any atom is 0.312 e. The zero-order valence-corrected chi connectivity index (χ0v) is 12.3. The van der Waals surface area contributed by atoms with Crippen LogP contribution in [0.15, 0.2) is 29.2 Å². The number of rotatable bonds is 6. The fourth-order valence-electron chi connectivity index (χ4n) is 1.55. The number of ether oxygens (including phenoxy) is 1. The Hall–Kier alpha value is -1.00. The Bertz CT molecular complexity index is 405. The van der Waals surface area contributed by atoms with Gasteiger partial charge < -0.3 is 10.1 Å². The lowest BCUT2D eigenvalue weighted by atomic mass is 9.97. The number of esters is 1. The molecule has 0 saturated heterocycles. The molecule has 100 valence electrons. The Morgan fingerprint density at radius 1 is 1.44 bits per heavy atom. The second-order valence-electron chi connectivity index (χ2n) is 4.84. The van der Waals surface area contributed by atoms with Crippen molar-refractivity contribution in [3.8, 4) is 0 Å². The summed E-state index contributed by atoms with van der Waals surface area (Å²) >= 11 is 1.68. The molecule has 0 aliphatic carbocycles. The van der Waals surface area contributed by atoms with Crippen LogP contribution in [0.2, 0.25) is 0 Å². The zero-order chi connectivity index (χ0) is 13.6. The monoisotopic (exact) mass is 267 g/mol. The summed E-state index contributed by atoms with van der Waals surface area (Å²) in [5.74, 6) is 0.546. The summed E-state index contributed by atoms with van der Waals surface area (Å²) in [7, 11) is 3.36. The molecular formula is C14H21NO2S. The summed E-state index contributed by atoms with van der Waals surface area (Å²) in [6.07, 6.45) is 0. The lowest BCUT2D eigenvalue weighted by molar-refractivity contribution is -0.149. The molecule has 0 radical (unpaired) electrons. The van der Waals surface area contributed by atoms with Gasteiger partial charge in [-0.25, -0.2) is 0 Å². The third-order valence-electron chi connectivity index (χ3n) is 2.62. The maximum absolute atomic E-state index is 11.6. The fourth-order valence-corrected chi connectivity index (χ4v) is 2.60. The summed E-state index contributed by atoms with van der Waals surface area (Å²) < 4.78 is 4.80. The van der Waals surface area contributed by atoms with Gasteiger partial charge in [0.15, 0.2) is 0 Å². The normalized spacial score (nSPS) is 11.3. The highest BCUT2D eigenvalue weighted by atomic mass is 32.2. The van der Waals surface area contributed by atoms with Gasteiger partial charge in [-0.15, -0.1) is 11.8 Å². The molecule has 0 unspecified atom stereocenters. The summed E-state index contributed by atoms with van der Waals surface area (Å²) in [6.45, 7) is 4.67. The van der Waals surface area contributed by atoms with E-state index >= 15 is 0 Å². The second kappa shape index (κ2) is 6.81. The topological polar surface area (TPSA) is 38.3 Å². The molecule has 0 aliphatic rings. The number of benzene rings is 1. The van der Waals surface area contributed by atoms with E-state index < -0.39 is 5.41 Å². The average Bonchev–Trinajstić information content (AvgIpc) is 2.36. The SMILES string of the molecule is CNCc1cccc(SCC(C)(C)C(=O)OC)c1. The van der Waals surface area contributed by atoms with E-state index in [4.69, 9.17) is 4.74 Å². The minimum absolute atomic E-state index is 0.165. The summed E-state index contributed by atoms with van der Waals surface area (Å²) in [4.78, 5) is 12.8. The van der Waals surface area contributed by atoms with Crippen molar-refractivity contribution in [3.05, 3.63) is 29.8 Å². The molecular weight excluding hydrogens is 246 g/mol. The number of thioether (sulfide) groups is 1. The van der Waals surface area contributed by atoms with Gasteiger partial charge in [0.2, 0.25) is 0 Å². The van der Waals surface area contributed by atoms with Crippen LogP contribution < -0.4 is 5.32 Å². The van der Waals surface area contributed by atoms with Crippen LogP contribution in [0, 0.1) is 5.41 Å². The van der Waals surface area contributed by atoms with Crippen LogP contribution in [0.5, 0.6) is 0 Å². The number of carbonyl (C=O) groups excluding carboxylic acids is 1. The number of nitrogens with one attached hydrogen (secondary N) is 1. The van der Waals surface area contributed by atoms with Gasteiger partial charge in [-0.2, -0.15) is 0 Å². The molecule has 0 aromatic heterocycles. The Morgan fingerprint density at radius 2 is 2.17 bits per heavy atom. The smallest absolute Gasteiger partial charge is 0.312 e. The van der Waals surface area contributed by atoms with Gasteiger partial charge in [0.05, 0.1) is 12.5 Å². The Labute approximate surface area is 113 Å². The van der Waals surface area contributed by atoms with Gasteiger partial charge in [-0.05, 0) is 38.6 Å². The quantitative estimate of drug-likeness (QED) is 0.635. The number of methoxy groups -OCH3 is 1. The van der Waals surface area contributed by atoms with Gasteiger partial charge >= 0.3 is 5.97 Å². The van der Waals surface area contributed by atoms with Crippen molar-refractivity contribution in [1.29, 1.82) is 0 Å². The van der Waals surface area contributed by atoms with Crippen molar-refractivity contribution in [2.45, 2.75) is 25.3 Å². The van der Waals surface area contributed by atoms with E-state index in [0.29, 0.717) is 5.75 Å². The third-order valence-corrected chi connectivity index (χ3v) is 4.07. The molecule has 18 heavy (non-hydrogen) atoms. The summed E-state index contributed by atoms with van der Waals surface area (Å²) in [5, 5.41) is 3.13. The molecule has 0 saturated carbocycles. The van der Waals surface area contributed by atoms with Crippen LogP contribution in [0.1, 0.15) is 19.4 Å². The zero-order valence-electron chi connectivity index (χ0n) is 11.4. The summed E-state index contributed by atoms with van der Waals surface area (Å²) in [6, 6.07) is 8.35. The van der Waals surface area contributed by atoms with Gasteiger partial charge in [0, 0.05) is 17.2 Å². The van der Waals surface area contributed by atoms with E-state index in [0.717, 1.165) is 6.54 Å². The van der Waals surface area contributed by atoms with E-state index in [9.17, 15) is 4.79 Å². The first-order valence-electron chi connectivity index (χ1n) is 5.94. The molecule has 0 spiro atoms. The molecule has 0 fully saturated rings. The van der Waals surface area contributed by atoms with E-state index in [1.807, 2.05) is 27.0 Å². The fraction of sp³-hybridized carbons (Fsp3) is 0.500. The highest BCUT2D eigenvalue weighted by molar-refractivity contribution is 7.99. The first-order chi connectivity index (χ1) is 8.49. The molecule has 0 amide bonds. The standard InChI is InChI=1S/C14H21NO2S/c1-14(2,13(16)17-4)10-18-12-7-5-6-11(8-12)9-15-3/h5-8,15H,9-10H2,1-4H3. The first-order valence-corrected chi connectivity index (χ1v) is 6.93. The maximum atomic E-state index is 11.6. The third kappa shape index (κ3) is 4.35. The number of carbonyl (C=O) groups is 1. The van der Waals surface area contributed by atoms with Crippen molar-refractivity contribution in [2.75, 3.05) is 19.9 Å². The average molecular weight is 267 g/mol. The van der Waals surface area contributed by atoms with Crippen LogP contribution in [0.3, 0.4) is 0 Å². The molecule has 3 nitrogen and oxygen atoms in total. The second-order valence-corrected chi connectivity index (χ2v) is 5.89. The number of hydrogen-bond acceptors (Lipinski definition) is 4. The molecule has 0 bridgehead atoms. The predicted octanol–water partition coefficient (Wildman–Crippen LogP) is 2.70. The predicted molar refractivity (Wildman–Crippen MR) is 75.7 cm³/mol. The summed E-state index contributed by atoms with van der Waals surface area (Å²) in [5.41, 5.74) is 0.789. The van der Waals surface area contributed by atoms with E-state index in [1.165, 1.54) is 17.6 Å². The highest BCUT2D eigenvalue weighted by Gasteiger charge is 2.28. The van der Waals surface area contributed by atoms with E-state index in [-0.39, 0.29) is 5.97 Å². The van der Waals surface area contributed by atoms with Crippen molar-refractivity contribution < 1.29 is 9.53 Å². The highest BCUT2D eigenvalue weighted by Crippen LogP contribution is 2.29. The van der Waals surface area contributed by atoms with Crippen LogP contribution >= 0.6 is 11.8 Å². The Morgan fingerprint density at radius 3 is 2.78 bits per heavy atom.